The number of rotatable bonds is 0. The molecular formula is CHBCeF3O2-. The monoisotopic (exact) mass is 253 g/mol. The fourth-order valence-electron chi connectivity index (χ4n) is 0. The van der Waals surface area contributed by atoms with Gasteiger partial charge in [-0.1, -0.05) is 6.47 Å². The molecule has 0 aliphatic rings. The van der Waals surface area contributed by atoms with E-state index in [0.717, 1.165) is 0 Å². The molecule has 0 aliphatic carbocycles. The van der Waals surface area contributed by atoms with E-state index in [0.29, 0.717) is 6.47 Å². The van der Waals surface area contributed by atoms with Gasteiger partial charge < -0.3 is 9.90 Å². The zero-order valence-electron chi connectivity index (χ0n) is 3.57. The molecule has 1 N–H and O–H groups in total. The summed E-state index contributed by atoms with van der Waals surface area (Å²) in [6.45, 7) is 0.500. The fourth-order valence-corrected chi connectivity index (χ4v) is 0. The van der Waals surface area contributed by atoms with Crippen molar-refractivity contribution in [2.24, 2.45) is 0 Å². The van der Waals surface area contributed by atoms with Crippen LogP contribution in [-0.2, 0) is 4.79 Å². The Balaban J connectivity index is -0.0000000575. The molecule has 0 aliphatic heterocycles. The van der Waals surface area contributed by atoms with E-state index in [1.807, 2.05) is 0 Å². The third kappa shape index (κ3) is 443. The maximum Gasteiger partial charge on any atom is 0.762 e. The Bertz CT molecular complexity index is 41.5. The van der Waals surface area contributed by atoms with Crippen LogP contribution in [0.2, 0.25) is 0 Å². The predicted molar refractivity (Wildman–Crippen MR) is 17.4 cm³/mol. The summed E-state index contributed by atoms with van der Waals surface area (Å²) in [5, 5.41) is 6.76. The van der Waals surface area contributed by atoms with E-state index < -0.39 is 7.54 Å². The number of halogens is 3. The SMILES string of the molecule is FB(F)F.O=[C-]O.[Ce]. The van der Waals surface area contributed by atoms with Gasteiger partial charge in [-0.3, -0.25) is 12.9 Å². The minimum Gasteiger partial charge on any atom is -0.665 e. The smallest absolute Gasteiger partial charge is 0.665 e. The number of hydrogen-bond acceptors (Lipinski definition) is 1. The van der Waals surface area contributed by atoms with Crippen LogP contribution < -0.4 is 0 Å². The first-order valence-electron chi connectivity index (χ1n) is 1.08. The van der Waals surface area contributed by atoms with Crippen molar-refractivity contribution in [3.63, 3.8) is 0 Å². The van der Waals surface area contributed by atoms with Crippen LogP contribution in [0, 0.1) is 41.7 Å². The molecule has 0 fully saturated rings. The van der Waals surface area contributed by atoms with E-state index in [4.69, 9.17) is 9.90 Å². The molecule has 0 atom stereocenters. The summed E-state index contributed by atoms with van der Waals surface area (Å²) < 4.78 is 29.0. The van der Waals surface area contributed by atoms with E-state index in [-0.39, 0.29) is 41.7 Å². The summed E-state index contributed by atoms with van der Waals surface area (Å²) >= 11 is 0. The first-order chi connectivity index (χ1) is 3.15. The molecule has 0 radical (unpaired) electrons. The molecule has 0 aromatic carbocycles. The molecule has 0 aromatic heterocycles. The van der Waals surface area contributed by atoms with Gasteiger partial charge in [0.15, 0.2) is 0 Å². The zero-order valence-corrected chi connectivity index (χ0v) is 6.71. The van der Waals surface area contributed by atoms with Crippen LogP contribution in [0.4, 0.5) is 12.9 Å². The normalized spacial score (nSPS) is 4.88. The van der Waals surface area contributed by atoms with Crippen LogP contribution in [0.15, 0.2) is 0 Å². The molecule has 8 heavy (non-hydrogen) atoms. The van der Waals surface area contributed by atoms with Crippen molar-refractivity contribution in [2.75, 3.05) is 0 Å². The molecule has 0 saturated carbocycles. The standard InChI is InChI=1S/CHO2.BF3.Ce/c2-1-3;2-1(3)4;/h(H,2,3);;/q-1;;. The average Bonchev–Trinajstić information content (AvgIpc) is 1.33. The Morgan fingerprint density at radius 3 is 1.38 bits per heavy atom. The molecule has 0 saturated heterocycles. The van der Waals surface area contributed by atoms with Gasteiger partial charge in [-0.25, -0.2) is 0 Å². The molecule has 7 heteroatoms. The van der Waals surface area contributed by atoms with E-state index >= 15 is 0 Å². The minimum absolute atomic E-state index is 0. The van der Waals surface area contributed by atoms with Gasteiger partial charge >= 0.3 is 7.54 Å². The maximum absolute atomic E-state index is 9.67. The van der Waals surface area contributed by atoms with Crippen molar-refractivity contribution in [1.82, 2.24) is 0 Å². The first kappa shape index (κ1) is 15.9. The number of hydrogen-bond donors (Lipinski definition) is 1. The van der Waals surface area contributed by atoms with Gasteiger partial charge in [0.05, 0.1) is 0 Å². The first-order valence-corrected chi connectivity index (χ1v) is 1.08. The van der Waals surface area contributed by atoms with Gasteiger partial charge in [0.2, 0.25) is 0 Å². The molecule has 46 valence electrons. The van der Waals surface area contributed by atoms with Gasteiger partial charge in [0.1, 0.15) is 0 Å². The molecular weight excluding hydrogens is 252 g/mol. The summed E-state index contributed by atoms with van der Waals surface area (Å²) in [5.74, 6) is 0. The van der Waals surface area contributed by atoms with Crippen molar-refractivity contribution in [2.45, 2.75) is 0 Å². The van der Waals surface area contributed by atoms with Gasteiger partial charge in [-0.15, -0.1) is 0 Å². The molecule has 0 spiro atoms. The van der Waals surface area contributed by atoms with Crippen LogP contribution >= 0.6 is 0 Å². The number of aliphatic hydroxyl groups excluding tert-OH is 1. The van der Waals surface area contributed by atoms with E-state index in [1.165, 1.54) is 0 Å². The van der Waals surface area contributed by atoms with Crippen molar-refractivity contribution < 1.29 is 64.6 Å². The van der Waals surface area contributed by atoms with Gasteiger partial charge in [0, 0.05) is 41.7 Å². The van der Waals surface area contributed by atoms with Crippen molar-refractivity contribution in [3.05, 3.63) is 0 Å². The second kappa shape index (κ2) is 15.6. The average molecular weight is 253 g/mol. The van der Waals surface area contributed by atoms with Crippen molar-refractivity contribution >= 4 is 14.0 Å². The topological polar surface area (TPSA) is 37.3 Å². The Kier molecular flexibility index (Phi) is 31.1. The Morgan fingerprint density at radius 2 is 1.38 bits per heavy atom. The Morgan fingerprint density at radius 1 is 1.38 bits per heavy atom. The molecule has 0 bridgehead atoms. The van der Waals surface area contributed by atoms with Crippen LogP contribution in [0.25, 0.3) is 0 Å². The van der Waals surface area contributed by atoms with Crippen LogP contribution in [0.5, 0.6) is 0 Å². The van der Waals surface area contributed by atoms with Crippen LogP contribution in [-0.4, -0.2) is 19.1 Å². The largest absolute Gasteiger partial charge is 0.762 e. The van der Waals surface area contributed by atoms with Gasteiger partial charge in [-0.05, 0) is 0 Å². The Hall–Kier alpha value is 0.702. The van der Waals surface area contributed by atoms with Crippen LogP contribution in [0.3, 0.4) is 0 Å². The molecule has 0 heterocycles. The second-order valence-corrected chi connectivity index (χ2v) is 0.339. The molecule has 2 nitrogen and oxygen atoms in total. The van der Waals surface area contributed by atoms with Gasteiger partial charge in [0.25, 0.3) is 0 Å². The van der Waals surface area contributed by atoms with Crippen molar-refractivity contribution in [1.29, 1.82) is 0 Å². The third-order valence-electron chi connectivity index (χ3n) is 0. The van der Waals surface area contributed by atoms with E-state index in [1.54, 1.807) is 0 Å². The quantitative estimate of drug-likeness (QED) is 0.504. The summed E-state index contributed by atoms with van der Waals surface area (Å²) in [4.78, 5) is 8.24. The molecule has 0 rings (SSSR count). The summed E-state index contributed by atoms with van der Waals surface area (Å²) in [6.07, 6.45) is 0. The minimum atomic E-state index is -3.67. The summed E-state index contributed by atoms with van der Waals surface area (Å²) in [7, 11) is -3.67. The molecule has 0 unspecified atom stereocenters. The molecule has 0 amide bonds. The van der Waals surface area contributed by atoms with Crippen LogP contribution in [0.1, 0.15) is 0 Å². The fraction of sp³-hybridized carbons (Fsp3) is 0. The second-order valence-electron chi connectivity index (χ2n) is 0.339. The van der Waals surface area contributed by atoms with Gasteiger partial charge in [-0.2, -0.15) is 0 Å². The van der Waals surface area contributed by atoms with E-state index in [2.05, 4.69) is 0 Å². The van der Waals surface area contributed by atoms with Crippen molar-refractivity contribution in [3.8, 4) is 0 Å². The van der Waals surface area contributed by atoms with E-state index in [9.17, 15) is 12.9 Å². The molecule has 0 aromatic rings. The maximum atomic E-state index is 9.67. The third-order valence-corrected chi connectivity index (χ3v) is 0. The Labute approximate surface area is 78.1 Å². The predicted octanol–water partition coefficient (Wildman–Crippen LogP) is 0.491. The summed E-state index contributed by atoms with van der Waals surface area (Å²) in [5.41, 5.74) is 0. The zero-order chi connectivity index (χ0) is 6.28. The summed E-state index contributed by atoms with van der Waals surface area (Å²) in [6, 6.07) is 0.